The summed E-state index contributed by atoms with van der Waals surface area (Å²) < 4.78 is 0.992. The van der Waals surface area contributed by atoms with Crippen LogP contribution >= 0.6 is 12.4 Å². The molecule has 1 unspecified atom stereocenters. The zero-order chi connectivity index (χ0) is 17.5. The summed E-state index contributed by atoms with van der Waals surface area (Å²) >= 11 is -0.540. The summed E-state index contributed by atoms with van der Waals surface area (Å²) in [5, 5.41) is 0. The van der Waals surface area contributed by atoms with Gasteiger partial charge in [-0.05, 0) is 12.0 Å². The smallest absolute Gasteiger partial charge is 0.147 e. The lowest BCUT2D eigenvalue weighted by atomic mass is 10.0. The van der Waals surface area contributed by atoms with Crippen LogP contribution in [0.25, 0.3) is 0 Å². The van der Waals surface area contributed by atoms with Gasteiger partial charge in [-0.2, -0.15) is 0 Å². The molecule has 0 aliphatic rings. The Morgan fingerprint density at radius 1 is 0.720 bits per heavy atom. The molecule has 0 aromatic heterocycles. The topological polar surface area (TPSA) is 0 Å². The van der Waals surface area contributed by atoms with E-state index in [-0.39, 0.29) is 12.4 Å². The lowest BCUT2D eigenvalue weighted by Gasteiger charge is -2.18. The van der Waals surface area contributed by atoms with Crippen LogP contribution in [0.5, 0.6) is 0 Å². The molecule has 2 heteroatoms. The van der Waals surface area contributed by atoms with Crippen molar-refractivity contribution in [3.63, 3.8) is 0 Å². The number of unbranched alkanes of at least 4 members (excludes halogenated alkanes) is 10. The van der Waals surface area contributed by atoms with Crippen LogP contribution in [0, 0.1) is 0 Å². The van der Waals surface area contributed by atoms with E-state index in [0.717, 1.165) is 4.78 Å². The van der Waals surface area contributed by atoms with Gasteiger partial charge in [-0.3, -0.25) is 0 Å². The first-order valence-corrected chi connectivity index (χ1v) is 13.8. The standard InChI is InChI=1S/C21H35.2CH3.Al.ClH/c1-2-3-4-5-6-7-8-9-10-11-12-13-15-18-21-19-16-14-17-20-21;;;;/h14-17,19-20H,2-13,18H2,1H3;2*1H3;;1H. The van der Waals surface area contributed by atoms with E-state index in [1.807, 2.05) is 0 Å². The summed E-state index contributed by atoms with van der Waals surface area (Å²) in [4.78, 5) is 0. The van der Waals surface area contributed by atoms with Gasteiger partial charge in [0.2, 0.25) is 0 Å². The first-order valence-electron chi connectivity index (χ1n) is 10.8. The quantitative estimate of drug-likeness (QED) is 0.211. The molecule has 0 amide bonds. The molecule has 144 valence electrons. The summed E-state index contributed by atoms with van der Waals surface area (Å²) in [7, 11) is 0. The molecular formula is C23H42AlCl. The highest BCUT2D eigenvalue weighted by Crippen LogP contribution is 2.25. The predicted molar refractivity (Wildman–Crippen MR) is 120 cm³/mol. The Kier molecular flexibility index (Phi) is 17.5. The monoisotopic (exact) mass is 380 g/mol. The number of rotatable bonds is 15. The Hall–Kier alpha value is 0.0425. The van der Waals surface area contributed by atoms with Crippen molar-refractivity contribution in [1.29, 1.82) is 0 Å². The van der Waals surface area contributed by atoms with Gasteiger partial charge in [0, 0.05) is 0 Å². The molecule has 0 radical (unpaired) electrons. The Morgan fingerprint density at radius 3 is 1.68 bits per heavy atom. The van der Waals surface area contributed by atoms with Crippen LogP contribution in [0.2, 0.25) is 16.4 Å². The van der Waals surface area contributed by atoms with E-state index < -0.39 is 14.1 Å². The zero-order valence-corrected chi connectivity index (χ0v) is 19.1. The van der Waals surface area contributed by atoms with Crippen LogP contribution in [0.4, 0.5) is 0 Å². The molecule has 0 aliphatic heterocycles. The Bertz CT molecular complexity index is 377. The molecule has 25 heavy (non-hydrogen) atoms. The summed E-state index contributed by atoms with van der Waals surface area (Å²) in [6, 6.07) is 11.1. The highest BCUT2D eigenvalue weighted by atomic mass is 35.5. The first kappa shape index (κ1) is 25.0. The van der Waals surface area contributed by atoms with Crippen molar-refractivity contribution in [3.8, 4) is 0 Å². The van der Waals surface area contributed by atoms with Crippen molar-refractivity contribution in [2.24, 2.45) is 0 Å². The summed E-state index contributed by atoms with van der Waals surface area (Å²) in [5.41, 5.74) is 1.55. The lowest BCUT2D eigenvalue weighted by molar-refractivity contribution is 0.538. The Labute approximate surface area is 169 Å². The van der Waals surface area contributed by atoms with Gasteiger partial charge in [-0.25, -0.2) is 0 Å². The maximum absolute atomic E-state index is 2.53. The highest BCUT2D eigenvalue weighted by molar-refractivity contribution is 6.57. The van der Waals surface area contributed by atoms with Crippen LogP contribution < -0.4 is 0 Å². The molecule has 1 aromatic carbocycles. The molecule has 1 aromatic rings. The number of hydrogen-bond acceptors (Lipinski definition) is 0. The SMILES string of the molecule is CCCCCCCCCCCCC[CH](Cc1ccccc1)[Al]([CH3])[CH3].Cl. The van der Waals surface area contributed by atoms with Crippen molar-refractivity contribution in [2.45, 2.75) is 107 Å². The van der Waals surface area contributed by atoms with Gasteiger partial charge in [0.1, 0.15) is 0 Å². The summed E-state index contributed by atoms with van der Waals surface area (Å²) in [6.07, 6.45) is 18.8. The highest BCUT2D eigenvalue weighted by Gasteiger charge is 2.18. The van der Waals surface area contributed by atoms with Crippen molar-refractivity contribution in [1.82, 2.24) is 0 Å². The van der Waals surface area contributed by atoms with E-state index in [0.29, 0.717) is 0 Å². The second-order valence-electron chi connectivity index (χ2n) is 8.02. The maximum Gasteiger partial charge on any atom is 0.259 e. The number of halogens is 1. The average molecular weight is 381 g/mol. The van der Waals surface area contributed by atoms with Gasteiger partial charge >= 0.3 is 0 Å². The van der Waals surface area contributed by atoms with E-state index >= 15 is 0 Å². The van der Waals surface area contributed by atoms with Crippen LogP contribution in [-0.4, -0.2) is 14.1 Å². The molecule has 0 saturated heterocycles. The summed E-state index contributed by atoms with van der Waals surface area (Å²) in [6.45, 7) is 2.30. The third-order valence-corrected chi connectivity index (χ3v) is 7.92. The Balaban J connectivity index is 0.00000576. The van der Waals surface area contributed by atoms with Gasteiger partial charge in [-0.1, -0.05) is 119 Å². The molecular weight excluding hydrogens is 339 g/mol. The normalized spacial score (nSPS) is 11.8. The van der Waals surface area contributed by atoms with Gasteiger partial charge in [0.25, 0.3) is 14.1 Å². The second kappa shape index (κ2) is 17.5. The molecule has 0 aliphatic carbocycles. The molecule has 1 rings (SSSR count). The van der Waals surface area contributed by atoms with Crippen molar-refractivity contribution >= 4 is 26.6 Å². The van der Waals surface area contributed by atoms with E-state index in [9.17, 15) is 0 Å². The van der Waals surface area contributed by atoms with Crippen molar-refractivity contribution in [2.75, 3.05) is 0 Å². The van der Waals surface area contributed by atoms with Crippen LogP contribution in [0.15, 0.2) is 30.3 Å². The van der Waals surface area contributed by atoms with Gasteiger partial charge in [0.05, 0.1) is 0 Å². The van der Waals surface area contributed by atoms with Crippen molar-refractivity contribution in [3.05, 3.63) is 35.9 Å². The predicted octanol–water partition coefficient (Wildman–Crippen LogP) is 8.48. The fraction of sp³-hybridized carbons (Fsp3) is 0.739. The first-order chi connectivity index (χ1) is 11.7. The Morgan fingerprint density at radius 2 is 1.20 bits per heavy atom. The van der Waals surface area contributed by atoms with Crippen molar-refractivity contribution < 1.29 is 0 Å². The molecule has 0 heterocycles. The van der Waals surface area contributed by atoms with Crippen LogP contribution in [-0.2, 0) is 6.42 Å². The fourth-order valence-electron chi connectivity index (χ4n) is 3.66. The molecule has 0 spiro atoms. The third-order valence-electron chi connectivity index (χ3n) is 5.46. The zero-order valence-electron chi connectivity index (χ0n) is 17.1. The molecule has 0 nitrogen and oxygen atoms in total. The van der Waals surface area contributed by atoms with E-state index in [2.05, 4.69) is 48.8 Å². The van der Waals surface area contributed by atoms with Gasteiger partial charge < -0.3 is 0 Å². The van der Waals surface area contributed by atoms with Crippen LogP contribution in [0.1, 0.15) is 89.5 Å². The average Bonchev–Trinajstić information content (AvgIpc) is 2.59. The minimum atomic E-state index is -0.540. The van der Waals surface area contributed by atoms with E-state index in [4.69, 9.17) is 0 Å². The second-order valence-corrected chi connectivity index (χ2v) is 11.4. The fourth-order valence-corrected chi connectivity index (χ4v) is 5.30. The van der Waals surface area contributed by atoms with Gasteiger partial charge in [-0.15, -0.1) is 24.0 Å². The molecule has 0 fully saturated rings. The minimum absolute atomic E-state index is 0. The number of hydrogen-bond donors (Lipinski definition) is 0. The summed E-state index contributed by atoms with van der Waals surface area (Å²) in [5.74, 6) is 5.07. The molecule has 0 saturated carbocycles. The molecule has 1 atom stereocenters. The minimum Gasteiger partial charge on any atom is -0.147 e. The number of benzene rings is 1. The van der Waals surface area contributed by atoms with Crippen LogP contribution in [0.3, 0.4) is 0 Å². The lowest BCUT2D eigenvalue weighted by Crippen LogP contribution is -2.14. The molecule has 0 N–H and O–H groups in total. The van der Waals surface area contributed by atoms with E-state index in [1.54, 1.807) is 5.56 Å². The third kappa shape index (κ3) is 13.8. The van der Waals surface area contributed by atoms with E-state index in [1.165, 1.54) is 83.5 Å². The largest absolute Gasteiger partial charge is 0.259 e. The van der Waals surface area contributed by atoms with Gasteiger partial charge in [0.15, 0.2) is 0 Å². The maximum atomic E-state index is 2.53. The molecule has 0 bridgehead atoms.